The SMILES string of the molecule is CN(c1ccc([N+](=O)[O-])c(CO)c1)C1CCC(C)(C)CC1. The predicted octanol–water partition coefficient (Wildman–Crippen LogP) is 3.49. The molecule has 0 aromatic heterocycles. The van der Waals surface area contributed by atoms with Crippen LogP contribution in [0.4, 0.5) is 11.4 Å². The van der Waals surface area contributed by atoms with E-state index >= 15 is 0 Å². The van der Waals surface area contributed by atoms with E-state index in [0.717, 1.165) is 18.5 Å². The second-order valence-electron chi connectivity index (χ2n) is 6.73. The van der Waals surface area contributed by atoms with Crippen molar-refractivity contribution in [2.24, 2.45) is 5.41 Å². The van der Waals surface area contributed by atoms with Gasteiger partial charge in [0.15, 0.2) is 0 Å². The van der Waals surface area contributed by atoms with Crippen molar-refractivity contribution in [2.45, 2.75) is 52.2 Å². The van der Waals surface area contributed by atoms with Crippen LogP contribution in [-0.4, -0.2) is 23.1 Å². The molecule has 0 unspecified atom stereocenters. The number of aliphatic hydroxyl groups is 1. The van der Waals surface area contributed by atoms with Gasteiger partial charge in [-0.2, -0.15) is 0 Å². The smallest absolute Gasteiger partial charge is 0.275 e. The highest BCUT2D eigenvalue weighted by molar-refractivity contribution is 5.55. The molecule has 1 saturated carbocycles. The Kier molecular flexibility index (Phi) is 4.52. The lowest BCUT2D eigenvalue weighted by atomic mass is 9.75. The fourth-order valence-electron chi connectivity index (χ4n) is 3.08. The molecule has 21 heavy (non-hydrogen) atoms. The number of nitro benzene ring substituents is 1. The lowest BCUT2D eigenvalue weighted by Crippen LogP contribution is -2.37. The Balaban J connectivity index is 2.16. The van der Waals surface area contributed by atoms with Crippen molar-refractivity contribution >= 4 is 11.4 Å². The van der Waals surface area contributed by atoms with Gasteiger partial charge >= 0.3 is 0 Å². The third kappa shape index (κ3) is 3.53. The summed E-state index contributed by atoms with van der Waals surface area (Å²) in [5.74, 6) is 0. The first-order chi connectivity index (χ1) is 9.84. The van der Waals surface area contributed by atoms with Crippen molar-refractivity contribution < 1.29 is 10.0 Å². The van der Waals surface area contributed by atoms with Crippen LogP contribution in [0.3, 0.4) is 0 Å². The first-order valence-electron chi connectivity index (χ1n) is 7.45. The van der Waals surface area contributed by atoms with Crippen LogP contribution in [0.1, 0.15) is 45.1 Å². The molecule has 1 aromatic rings. The second-order valence-corrected chi connectivity index (χ2v) is 6.73. The molecule has 0 saturated heterocycles. The topological polar surface area (TPSA) is 66.6 Å². The fraction of sp³-hybridized carbons (Fsp3) is 0.625. The van der Waals surface area contributed by atoms with Gasteiger partial charge in [-0.1, -0.05) is 13.8 Å². The Morgan fingerprint density at radius 3 is 2.52 bits per heavy atom. The van der Waals surface area contributed by atoms with Crippen molar-refractivity contribution in [3.63, 3.8) is 0 Å². The van der Waals surface area contributed by atoms with Gasteiger partial charge in [0, 0.05) is 24.8 Å². The van der Waals surface area contributed by atoms with E-state index < -0.39 is 4.92 Å². The normalized spacial score (nSPS) is 18.5. The van der Waals surface area contributed by atoms with Gasteiger partial charge in [0.25, 0.3) is 5.69 Å². The molecule has 0 bridgehead atoms. The summed E-state index contributed by atoms with van der Waals surface area (Å²) in [6, 6.07) is 5.46. The molecule has 1 aromatic carbocycles. The van der Waals surface area contributed by atoms with Gasteiger partial charge in [-0.25, -0.2) is 0 Å². The van der Waals surface area contributed by atoms with E-state index in [1.807, 2.05) is 7.05 Å². The largest absolute Gasteiger partial charge is 0.391 e. The van der Waals surface area contributed by atoms with Gasteiger partial charge in [0.2, 0.25) is 0 Å². The molecular formula is C16H24N2O3. The fourth-order valence-corrected chi connectivity index (χ4v) is 3.08. The molecule has 1 aliphatic rings. The van der Waals surface area contributed by atoms with Gasteiger partial charge in [-0.15, -0.1) is 0 Å². The minimum atomic E-state index is -0.446. The zero-order valence-corrected chi connectivity index (χ0v) is 13.0. The number of nitro groups is 1. The van der Waals surface area contributed by atoms with Crippen molar-refractivity contribution in [2.75, 3.05) is 11.9 Å². The predicted molar refractivity (Wildman–Crippen MR) is 83.5 cm³/mol. The third-order valence-corrected chi connectivity index (χ3v) is 4.69. The van der Waals surface area contributed by atoms with Crippen LogP contribution < -0.4 is 4.90 Å². The van der Waals surface area contributed by atoms with Crippen LogP contribution in [0.25, 0.3) is 0 Å². The average molecular weight is 292 g/mol. The summed E-state index contributed by atoms with van der Waals surface area (Å²) in [7, 11) is 2.03. The van der Waals surface area contributed by atoms with E-state index in [0.29, 0.717) is 17.0 Å². The Morgan fingerprint density at radius 2 is 2.00 bits per heavy atom. The van der Waals surface area contributed by atoms with Crippen LogP contribution in [0.2, 0.25) is 0 Å². The number of nitrogens with zero attached hydrogens (tertiary/aromatic N) is 2. The first kappa shape index (κ1) is 15.8. The maximum atomic E-state index is 10.9. The molecule has 1 aliphatic carbocycles. The Bertz CT molecular complexity index is 518. The van der Waals surface area contributed by atoms with Crippen LogP contribution in [0.5, 0.6) is 0 Å². The summed E-state index contributed by atoms with van der Waals surface area (Å²) in [5.41, 5.74) is 1.72. The maximum Gasteiger partial charge on any atom is 0.275 e. The van der Waals surface area contributed by atoms with Crippen LogP contribution in [0.15, 0.2) is 18.2 Å². The highest BCUT2D eigenvalue weighted by atomic mass is 16.6. The number of aliphatic hydroxyl groups excluding tert-OH is 1. The quantitative estimate of drug-likeness (QED) is 0.681. The molecule has 0 aliphatic heterocycles. The van der Waals surface area contributed by atoms with E-state index in [-0.39, 0.29) is 12.3 Å². The molecule has 0 spiro atoms. The minimum Gasteiger partial charge on any atom is -0.391 e. The highest BCUT2D eigenvalue weighted by Crippen LogP contribution is 2.38. The zero-order chi connectivity index (χ0) is 15.6. The molecule has 2 rings (SSSR count). The molecule has 0 radical (unpaired) electrons. The lowest BCUT2D eigenvalue weighted by molar-refractivity contribution is -0.385. The molecule has 5 nitrogen and oxygen atoms in total. The van der Waals surface area contributed by atoms with Gasteiger partial charge in [-0.3, -0.25) is 10.1 Å². The van der Waals surface area contributed by atoms with Gasteiger partial charge in [-0.05, 0) is 43.2 Å². The molecule has 0 atom stereocenters. The number of anilines is 1. The lowest BCUT2D eigenvalue weighted by Gasteiger charge is -2.39. The van der Waals surface area contributed by atoms with E-state index in [9.17, 15) is 15.2 Å². The maximum absolute atomic E-state index is 10.9. The Morgan fingerprint density at radius 1 is 1.38 bits per heavy atom. The molecule has 1 N–H and O–H groups in total. The molecular weight excluding hydrogens is 268 g/mol. The van der Waals surface area contributed by atoms with Crippen molar-refractivity contribution in [1.29, 1.82) is 0 Å². The summed E-state index contributed by atoms with van der Waals surface area (Å²) < 4.78 is 0. The number of rotatable bonds is 4. The minimum absolute atomic E-state index is 0.0144. The summed E-state index contributed by atoms with van der Waals surface area (Å²) in [4.78, 5) is 12.7. The second kappa shape index (κ2) is 6.02. The Hall–Kier alpha value is -1.62. The standard InChI is InChI=1S/C16H24N2O3/c1-16(2)8-6-13(7-9-16)17(3)14-4-5-15(18(20)21)12(10-14)11-19/h4-5,10,13,19H,6-9,11H2,1-3H3. The Labute approximate surface area is 125 Å². The summed E-state index contributed by atoms with van der Waals surface area (Å²) in [6.45, 7) is 4.30. The zero-order valence-electron chi connectivity index (χ0n) is 13.0. The molecule has 5 heteroatoms. The van der Waals surface area contributed by atoms with E-state index in [4.69, 9.17) is 0 Å². The van der Waals surface area contributed by atoms with E-state index in [1.54, 1.807) is 12.1 Å². The molecule has 116 valence electrons. The van der Waals surface area contributed by atoms with E-state index in [2.05, 4.69) is 18.7 Å². The number of hydrogen-bond acceptors (Lipinski definition) is 4. The molecule has 0 heterocycles. The monoisotopic (exact) mass is 292 g/mol. The van der Waals surface area contributed by atoms with Crippen LogP contribution in [-0.2, 0) is 6.61 Å². The molecule has 0 amide bonds. The van der Waals surface area contributed by atoms with Crippen LogP contribution in [0, 0.1) is 15.5 Å². The van der Waals surface area contributed by atoms with Gasteiger partial charge in [0.1, 0.15) is 0 Å². The van der Waals surface area contributed by atoms with Crippen molar-refractivity contribution in [3.8, 4) is 0 Å². The number of hydrogen-bond donors (Lipinski definition) is 1. The molecule has 1 fully saturated rings. The summed E-state index contributed by atoms with van der Waals surface area (Å²) >= 11 is 0. The van der Waals surface area contributed by atoms with Crippen molar-refractivity contribution in [3.05, 3.63) is 33.9 Å². The third-order valence-electron chi connectivity index (χ3n) is 4.69. The van der Waals surface area contributed by atoms with E-state index in [1.165, 1.54) is 18.9 Å². The number of benzene rings is 1. The summed E-state index contributed by atoms with van der Waals surface area (Å²) in [6.07, 6.45) is 4.66. The van der Waals surface area contributed by atoms with Crippen LogP contribution >= 0.6 is 0 Å². The highest BCUT2D eigenvalue weighted by Gasteiger charge is 2.29. The first-order valence-corrected chi connectivity index (χ1v) is 7.45. The van der Waals surface area contributed by atoms with Gasteiger partial charge < -0.3 is 10.0 Å². The van der Waals surface area contributed by atoms with Crippen molar-refractivity contribution in [1.82, 2.24) is 0 Å². The van der Waals surface area contributed by atoms with Gasteiger partial charge in [0.05, 0.1) is 17.1 Å². The summed E-state index contributed by atoms with van der Waals surface area (Å²) in [5, 5.41) is 20.2. The average Bonchev–Trinajstić information content (AvgIpc) is 2.45.